The molecule has 26 heavy (non-hydrogen) atoms. The summed E-state index contributed by atoms with van der Waals surface area (Å²) < 4.78 is 14.3. The summed E-state index contributed by atoms with van der Waals surface area (Å²) in [5, 5.41) is 2.56. The van der Waals surface area contributed by atoms with Crippen LogP contribution in [0.25, 0.3) is 11.1 Å². The molecule has 1 amide bonds. The minimum atomic E-state index is -0.582. The summed E-state index contributed by atoms with van der Waals surface area (Å²) in [5.41, 5.74) is 2.74. The number of benzene rings is 3. The predicted molar refractivity (Wildman–Crippen MR) is 99.7 cm³/mol. The van der Waals surface area contributed by atoms with Crippen molar-refractivity contribution in [2.24, 2.45) is 0 Å². The molecular weight excluding hydrogens is 329 g/mol. The van der Waals surface area contributed by atoms with Gasteiger partial charge in [0.2, 0.25) is 0 Å². The van der Waals surface area contributed by atoms with Crippen LogP contribution in [-0.4, -0.2) is 18.2 Å². The maximum atomic E-state index is 14.3. The van der Waals surface area contributed by atoms with E-state index in [0.29, 0.717) is 11.1 Å². The van der Waals surface area contributed by atoms with E-state index in [1.54, 1.807) is 43.3 Å². The Morgan fingerprint density at radius 2 is 1.50 bits per heavy atom. The molecule has 130 valence electrons. The first-order valence-corrected chi connectivity index (χ1v) is 8.29. The Bertz CT molecular complexity index is 937. The Hall–Kier alpha value is -3.27. The number of ketones is 1. The number of carbonyl (C=O) groups is 2. The van der Waals surface area contributed by atoms with Gasteiger partial charge in [0.1, 0.15) is 5.82 Å². The Labute approximate surface area is 151 Å². The number of rotatable bonds is 5. The molecule has 0 aromatic heterocycles. The van der Waals surface area contributed by atoms with Crippen molar-refractivity contribution < 1.29 is 14.0 Å². The average Bonchev–Trinajstić information content (AvgIpc) is 2.67. The third-order valence-electron chi connectivity index (χ3n) is 4.22. The van der Waals surface area contributed by atoms with E-state index in [2.05, 4.69) is 5.32 Å². The molecule has 0 heterocycles. The average molecular weight is 347 g/mol. The molecule has 1 N–H and O–H groups in total. The van der Waals surface area contributed by atoms with Gasteiger partial charge in [-0.3, -0.25) is 9.59 Å². The van der Waals surface area contributed by atoms with E-state index in [1.807, 2.05) is 30.3 Å². The van der Waals surface area contributed by atoms with Crippen molar-refractivity contribution in [2.45, 2.75) is 6.92 Å². The van der Waals surface area contributed by atoms with Crippen LogP contribution in [0.2, 0.25) is 0 Å². The number of carbonyl (C=O) groups excluding carboxylic acids is 2. The molecule has 0 unspecified atom stereocenters. The number of halogens is 1. The fourth-order valence-corrected chi connectivity index (χ4v) is 2.89. The van der Waals surface area contributed by atoms with Gasteiger partial charge in [0.25, 0.3) is 5.91 Å². The highest BCUT2D eigenvalue weighted by molar-refractivity contribution is 6.04. The molecule has 3 aromatic rings. The minimum absolute atomic E-state index is 0.0136. The van der Waals surface area contributed by atoms with Crippen LogP contribution in [0, 0.1) is 12.7 Å². The zero-order valence-corrected chi connectivity index (χ0v) is 14.3. The Kier molecular flexibility index (Phi) is 5.23. The highest BCUT2D eigenvalue weighted by Crippen LogP contribution is 2.27. The van der Waals surface area contributed by atoms with Gasteiger partial charge in [0.15, 0.2) is 5.78 Å². The lowest BCUT2D eigenvalue weighted by atomic mass is 9.94. The summed E-state index contributed by atoms with van der Waals surface area (Å²) in [6, 6.07) is 21.0. The van der Waals surface area contributed by atoms with E-state index < -0.39 is 11.6 Å². The summed E-state index contributed by atoms with van der Waals surface area (Å²) in [5.74, 6) is -1.40. The first-order valence-electron chi connectivity index (χ1n) is 8.29. The minimum Gasteiger partial charge on any atom is -0.345 e. The maximum Gasteiger partial charge on any atom is 0.251 e. The van der Waals surface area contributed by atoms with Crippen molar-refractivity contribution in [1.82, 2.24) is 5.32 Å². The van der Waals surface area contributed by atoms with E-state index in [-0.39, 0.29) is 18.0 Å². The van der Waals surface area contributed by atoms with Crippen LogP contribution >= 0.6 is 0 Å². The quantitative estimate of drug-likeness (QED) is 0.695. The largest absolute Gasteiger partial charge is 0.345 e. The molecule has 0 aliphatic carbocycles. The Morgan fingerprint density at radius 3 is 2.15 bits per heavy atom. The van der Waals surface area contributed by atoms with Gasteiger partial charge in [-0.1, -0.05) is 54.6 Å². The number of Topliss-reactive ketones (excluding diaryl/α,β-unsaturated/α-hetero) is 1. The summed E-state index contributed by atoms with van der Waals surface area (Å²) in [4.78, 5) is 24.6. The monoisotopic (exact) mass is 347 g/mol. The third kappa shape index (κ3) is 3.70. The normalized spacial score (nSPS) is 10.4. The molecule has 4 heteroatoms. The van der Waals surface area contributed by atoms with Crippen molar-refractivity contribution in [3.05, 3.63) is 95.3 Å². The fraction of sp³-hybridized carbons (Fsp3) is 0.0909. The standard InChI is InChI=1S/C22H18FNO2/c1-15-18(16-8-4-2-5-9-16)12-13-19(23)21(15)20(25)14-24-22(26)17-10-6-3-7-11-17/h2-13H,14H2,1H3,(H,24,26). The van der Waals surface area contributed by atoms with Gasteiger partial charge in [-0.2, -0.15) is 0 Å². The molecule has 3 aromatic carbocycles. The SMILES string of the molecule is Cc1c(-c2ccccc2)ccc(F)c1C(=O)CNC(=O)c1ccccc1. The lowest BCUT2D eigenvalue weighted by molar-refractivity contribution is 0.0902. The number of hydrogen-bond donors (Lipinski definition) is 1. The van der Waals surface area contributed by atoms with Crippen LogP contribution in [0.4, 0.5) is 4.39 Å². The van der Waals surface area contributed by atoms with Gasteiger partial charge in [0, 0.05) is 5.56 Å². The molecule has 0 spiro atoms. The zero-order valence-electron chi connectivity index (χ0n) is 14.3. The highest BCUT2D eigenvalue weighted by atomic mass is 19.1. The first kappa shape index (κ1) is 17.5. The molecule has 3 nitrogen and oxygen atoms in total. The lowest BCUT2D eigenvalue weighted by Gasteiger charge is -2.13. The van der Waals surface area contributed by atoms with E-state index >= 15 is 0 Å². The summed E-state index contributed by atoms with van der Waals surface area (Å²) in [6.07, 6.45) is 0. The highest BCUT2D eigenvalue weighted by Gasteiger charge is 2.19. The maximum absolute atomic E-state index is 14.3. The fourth-order valence-electron chi connectivity index (χ4n) is 2.89. The van der Waals surface area contributed by atoms with Gasteiger partial charge in [-0.25, -0.2) is 4.39 Å². The predicted octanol–water partition coefficient (Wildman–Crippen LogP) is 4.41. The van der Waals surface area contributed by atoms with Crippen LogP contribution in [0.5, 0.6) is 0 Å². The van der Waals surface area contributed by atoms with Crippen molar-refractivity contribution in [1.29, 1.82) is 0 Å². The van der Waals surface area contributed by atoms with Crippen LogP contribution in [0.15, 0.2) is 72.8 Å². The van der Waals surface area contributed by atoms with E-state index in [9.17, 15) is 14.0 Å². The van der Waals surface area contributed by atoms with Gasteiger partial charge in [-0.15, -0.1) is 0 Å². The molecule has 0 aliphatic heterocycles. The molecule has 0 atom stereocenters. The molecule has 0 fully saturated rings. The Balaban J connectivity index is 1.82. The molecule has 0 bridgehead atoms. The van der Waals surface area contributed by atoms with E-state index in [0.717, 1.165) is 11.1 Å². The van der Waals surface area contributed by atoms with Crippen molar-refractivity contribution in [2.75, 3.05) is 6.54 Å². The Morgan fingerprint density at radius 1 is 0.885 bits per heavy atom. The second kappa shape index (κ2) is 7.74. The van der Waals surface area contributed by atoms with Crippen LogP contribution in [0.3, 0.4) is 0 Å². The van der Waals surface area contributed by atoms with Crippen molar-refractivity contribution >= 4 is 11.7 Å². The van der Waals surface area contributed by atoms with E-state index in [4.69, 9.17) is 0 Å². The van der Waals surface area contributed by atoms with Gasteiger partial charge < -0.3 is 5.32 Å². The smallest absolute Gasteiger partial charge is 0.251 e. The summed E-state index contributed by atoms with van der Waals surface area (Å²) >= 11 is 0. The lowest BCUT2D eigenvalue weighted by Crippen LogP contribution is -2.30. The molecular formula is C22H18FNO2. The number of nitrogens with one attached hydrogen (secondary N) is 1. The van der Waals surface area contributed by atoms with E-state index in [1.165, 1.54) is 6.07 Å². The van der Waals surface area contributed by atoms with Crippen LogP contribution in [0.1, 0.15) is 26.3 Å². The van der Waals surface area contributed by atoms with Gasteiger partial charge >= 0.3 is 0 Å². The second-order valence-electron chi connectivity index (χ2n) is 5.93. The van der Waals surface area contributed by atoms with Crippen LogP contribution < -0.4 is 5.32 Å². The van der Waals surface area contributed by atoms with Crippen LogP contribution in [-0.2, 0) is 0 Å². The first-order chi connectivity index (χ1) is 12.6. The number of hydrogen-bond acceptors (Lipinski definition) is 2. The third-order valence-corrected chi connectivity index (χ3v) is 4.22. The second-order valence-corrected chi connectivity index (χ2v) is 5.93. The molecule has 0 saturated heterocycles. The molecule has 3 rings (SSSR count). The summed E-state index contributed by atoms with van der Waals surface area (Å²) in [7, 11) is 0. The topological polar surface area (TPSA) is 46.2 Å². The zero-order chi connectivity index (χ0) is 18.5. The molecule has 0 saturated carbocycles. The summed E-state index contributed by atoms with van der Waals surface area (Å²) in [6.45, 7) is 1.46. The van der Waals surface area contributed by atoms with Crippen molar-refractivity contribution in [3.63, 3.8) is 0 Å². The van der Waals surface area contributed by atoms with Crippen molar-refractivity contribution in [3.8, 4) is 11.1 Å². The van der Waals surface area contributed by atoms with Gasteiger partial charge in [-0.05, 0) is 41.8 Å². The number of amides is 1. The van der Waals surface area contributed by atoms with Gasteiger partial charge in [0.05, 0.1) is 12.1 Å². The molecule has 0 radical (unpaired) electrons. The molecule has 0 aliphatic rings.